The normalized spacial score (nSPS) is 10.5. The molecule has 26 heavy (non-hydrogen) atoms. The van der Waals surface area contributed by atoms with E-state index in [-0.39, 0.29) is 5.76 Å². The highest BCUT2D eigenvalue weighted by atomic mass is 16.5. The molecule has 2 aromatic carbocycles. The molecule has 0 bridgehead atoms. The number of rotatable bonds is 7. The summed E-state index contributed by atoms with van der Waals surface area (Å²) in [7, 11) is 1.33. The van der Waals surface area contributed by atoms with E-state index in [1.54, 1.807) is 12.1 Å². The van der Waals surface area contributed by atoms with E-state index < -0.39 is 5.97 Å². The van der Waals surface area contributed by atoms with Crippen molar-refractivity contribution in [3.63, 3.8) is 0 Å². The minimum Gasteiger partial charge on any atom is -0.494 e. The summed E-state index contributed by atoms with van der Waals surface area (Å²) in [6.07, 6.45) is 2.19. The van der Waals surface area contributed by atoms with E-state index in [9.17, 15) is 4.79 Å². The highest BCUT2D eigenvalue weighted by Gasteiger charge is 2.12. The molecule has 4 heteroatoms. The number of carbonyl (C=O) groups is 1. The predicted molar refractivity (Wildman–Crippen MR) is 101 cm³/mol. The average molecular weight is 350 g/mol. The molecule has 0 amide bonds. The largest absolute Gasteiger partial charge is 0.494 e. The van der Waals surface area contributed by atoms with Gasteiger partial charge in [-0.15, -0.1) is 0 Å². The second-order valence-corrected chi connectivity index (χ2v) is 5.96. The Morgan fingerprint density at radius 2 is 1.50 bits per heavy atom. The number of methoxy groups -OCH3 is 1. The van der Waals surface area contributed by atoms with Crippen LogP contribution in [0.4, 0.5) is 0 Å². The van der Waals surface area contributed by atoms with E-state index in [0.29, 0.717) is 5.76 Å². The van der Waals surface area contributed by atoms with Crippen molar-refractivity contribution < 1.29 is 18.7 Å². The van der Waals surface area contributed by atoms with Gasteiger partial charge >= 0.3 is 5.97 Å². The fraction of sp³-hybridized carbons (Fsp3) is 0.227. The first-order chi connectivity index (χ1) is 12.7. The van der Waals surface area contributed by atoms with Crippen molar-refractivity contribution in [1.82, 2.24) is 0 Å². The van der Waals surface area contributed by atoms with Gasteiger partial charge < -0.3 is 13.9 Å². The lowest BCUT2D eigenvalue weighted by Crippen LogP contribution is -1.98. The van der Waals surface area contributed by atoms with Crippen LogP contribution in [0.2, 0.25) is 0 Å². The number of hydrogen-bond donors (Lipinski definition) is 0. The van der Waals surface area contributed by atoms with Crippen molar-refractivity contribution in [3.05, 3.63) is 66.4 Å². The van der Waals surface area contributed by atoms with Gasteiger partial charge in [-0.1, -0.05) is 49.7 Å². The Morgan fingerprint density at radius 1 is 0.885 bits per heavy atom. The van der Waals surface area contributed by atoms with Gasteiger partial charge in [0.15, 0.2) is 0 Å². The third-order valence-corrected chi connectivity index (χ3v) is 4.12. The van der Waals surface area contributed by atoms with Crippen LogP contribution in [0.3, 0.4) is 0 Å². The number of esters is 1. The summed E-state index contributed by atoms with van der Waals surface area (Å²) in [6.45, 7) is 2.90. The smallest absolute Gasteiger partial charge is 0.373 e. The maximum atomic E-state index is 11.5. The van der Waals surface area contributed by atoms with Gasteiger partial charge in [0.2, 0.25) is 5.76 Å². The molecular formula is C22H22O4. The molecule has 0 unspecified atom stereocenters. The maximum Gasteiger partial charge on any atom is 0.373 e. The molecule has 3 rings (SSSR count). The van der Waals surface area contributed by atoms with Crippen molar-refractivity contribution in [3.8, 4) is 28.2 Å². The Morgan fingerprint density at radius 3 is 2.12 bits per heavy atom. The van der Waals surface area contributed by atoms with Gasteiger partial charge in [0.25, 0.3) is 0 Å². The molecule has 0 aliphatic heterocycles. The first kappa shape index (κ1) is 17.8. The highest BCUT2D eigenvalue weighted by Crippen LogP contribution is 2.27. The van der Waals surface area contributed by atoms with E-state index in [0.717, 1.165) is 41.9 Å². The summed E-state index contributed by atoms with van der Waals surface area (Å²) in [5.74, 6) is 1.25. The molecule has 0 aliphatic rings. The van der Waals surface area contributed by atoms with Gasteiger partial charge in [0.1, 0.15) is 11.5 Å². The average Bonchev–Trinajstić information content (AvgIpc) is 3.18. The molecule has 134 valence electrons. The first-order valence-electron chi connectivity index (χ1n) is 8.73. The third kappa shape index (κ3) is 4.14. The van der Waals surface area contributed by atoms with Gasteiger partial charge in [0, 0.05) is 5.56 Å². The lowest BCUT2D eigenvalue weighted by Gasteiger charge is -2.07. The Balaban J connectivity index is 1.71. The third-order valence-electron chi connectivity index (χ3n) is 4.12. The molecule has 1 heterocycles. The SMILES string of the molecule is CCCCOc1ccc(-c2ccc(-c3ccc(C(=O)OC)o3)cc2)cc1. The molecule has 0 saturated carbocycles. The van der Waals surface area contributed by atoms with Crippen molar-refractivity contribution >= 4 is 5.97 Å². The quantitative estimate of drug-likeness (QED) is 0.412. The molecule has 0 aliphatic carbocycles. The number of furan rings is 1. The Bertz CT molecular complexity index is 845. The first-order valence-corrected chi connectivity index (χ1v) is 8.73. The minimum absolute atomic E-state index is 0.199. The van der Waals surface area contributed by atoms with Crippen LogP contribution in [0.1, 0.15) is 30.3 Å². The molecule has 0 N–H and O–H groups in total. The van der Waals surface area contributed by atoms with Crippen LogP contribution in [0, 0.1) is 0 Å². The topological polar surface area (TPSA) is 48.7 Å². The minimum atomic E-state index is -0.478. The van der Waals surface area contributed by atoms with Crippen LogP contribution in [0.5, 0.6) is 5.75 Å². The summed E-state index contributed by atoms with van der Waals surface area (Å²) in [6, 6.07) is 19.5. The van der Waals surface area contributed by atoms with E-state index in [2.05, 4.69) is 23.8 Å². The summed E-state index contributed by atoms with van der Waals surface area (Å²) < 4.78 is 15.9. The second-order valence-electron chi connectivity index (χ2n) is 5.96. The Kier molecular flexibility index (Phi) is 5.74. The summed E-state index contributed by atoms with van der Waals surface area (Å²) in [5, 5.41) is 0. The molecule has 0 fully saturated rings. The van der Waals surface area contributed by atoms with E-state index in [4.69, 9.17) is 9.15 Å². The highest BCUT2D eigenvalue weighted by molar-refractivity contribution is 5.87. The second kappa shape index (κ2) is 8.39. The van der Waals surface area contributed by atoms with Gasteiger partial charge in [-0.25, -0.2) is 4.79 Å². The van der Waals surface area contributed by atoms with Crippen LogP contribution in [0.25, 0.3) is 22.5 Å². The summed E-state index contributed by atoms with van der Waals surface area (Å²) in [4.78, 5) is 11.5. The van der Waals surface area contributed by atoms with E-state index in [1.807, 2.05) is 36.4 Å². The molecule has 4 nitrogen and oxygen atoms in total. The fourth-order valence-corrected chi connectivity index (χ4v) is 2.61. The van der Waals surface area contributed by atoms with E-state index in [1.165, 1.54) is 7.11 Å². The number of unbranched alkanes of at least 4 members (excludes halogenated alkanes) is 1. The lowest BCUT2D eigenvalue weighted by atomic mass is 10.0. The van der Waals surface area contributed by atoms with Crippen LogP contribution in [-0.4, -0.2) is 19.7 Å². The van der Waals surface area contributed by atoms with Gasteiger partial charge in [-0.3, -0.25) is 0 Å². The molecule has 0 saturated heterocycles. The van der Waals surface area contributed by atoms with Crippen molar-refractivity contribution in [2.24, 2.45) is 0 Å². The zero-order chi connectivity index (χ0) is 18.4. The summed E-state index contributed by atoms with van der Waals surface area (Å²) in [5.41, 5.74) is 3.13. The summed E-state index contributed by atoms with van der Waals surface area (Å²) >= 11 is 0. The molecular weight excluding hydrogens is 328 g/mol. The maximum absolute atomic E-state index is 11.5. The number of benzene rings is 2. The van der Waals surface area contributed by atoms with Crippen LogP contribution in [0.15, 0.2) is 65.1 Å². The fourth-order valence-electron chi connectivity index (χ4n) is 2.61. The standard InChI is InChI=1S/C22H22O4/c1-3-4-15-25-19-11-9-17(10-12-19)16-5-7-18(8-6-16)20-13-14-21(26-20)22(23)24-2/h5-14H,3-4,15H2,1-2H3. The van der Waals surface area contributed by atoms with Crippen molar-refractivity contribution in [2.45, 2.75) is 19.8 Å². The Labute approximate surface area is 153 Å². The van der Waals surface area contributed by atoms with Gasteiger partial charge in [0.05, 0.1) is 13.7 Å². The van der Waals surface area contributed by atoms with Crippen molar-refractivity contribution in [1.29, 1.82) is 0 Å². The van der Waals surface area contributed by atoms with Crippen molar-refractivity contribution in [2.75, 3.05) is 13.7 Å². The molecule has 0 radical (unpaired) electrons. The zero-order valence-corrected chi connectivity index (χ0v) is 15.0. The number of ether oxygens (including phenoxy) is 2. The molecule has 0 atom stereocenters. The van der Waals surface area contributed by atoms with Gasteiger partial charge in [-0.2, -0.15) is 0 Å². The predicted octanol–water partition coefficient (Wildman–Crippen LogP) is 5.58. The van der Waals surface area contributed by atoms with Crippen LogP contribution in [-0.2, 0) is 4.74 Å². The zero-order valence-electron chi connectivity index (χ0n) is 15.0. The monoisotopic (exact) mass is 350 g/mol. The van der Waals surface area contributed by atoms with Crippen LogP contribution < -0.4 is 4.74 Å². The van der Waals surface area contributed by atoms with Gasteiger partial charge in [-0.05, 0) is 41.8 Å². The lowest BCUT2D eigenvalue weighted by molar-refractivity contribution is 0.0566. The molecule has 1 aromatic heterocycles. The van der Waals surface area contributed by atoms with Crippen LogP contribution >= 0.6 is 0 Å². The molecule has 3 aromatic rings. The number of carbonyl (C=O) groups excluding carboxylic acids is 1. The number of hydrogen-bond acceptors (Lipinski definition) is 4. The van der Waals surface area contributed by atoms with E-state index >= 15 is 0 Å². The Hall–Kier alpha value is -3.01. The molecule has 0 spiro atoms.